The topological polar surface area (TPSA) is 58.5 Å². The first kappa shape index (κ1) is 16.9. The van der Waals surface area contributed by atoms with Gasteiger partial charge in [-0.15, -0.1) is 24.0 Å². The van der Waals surface area contributed by atoms with Crippen molar-refractivity contribution in [2.75, 3.05) is 20.7 Å². The van der Waals surface area contributed by atoms with Gasteiger partial charge < -0.3 is 15.4 Å². The van der Waals surface area contributed by atoms with Gasteiger partial charge in [0.25, 0.3) is 0 Å². The number of nitrogens with one attached hydrogen (secondary N) is 2. The molecule has 0 spiro atoms. The number of aromatic nitrogens is 1. The number of nitrogens with zero attached hydrogens (tertiary/aromatic N) is 2. The third-order valence-corrected chi connectivity index (χ3v) is 2.26. The predicted octanol–water partition coefficient (Wildman–Crippen LogP) is 1.78. The zero-order valence-electron chi connectivity index (χ0n) is 11.1. The first-order valence-corrected chi connectivity index (χ1v) is 5.74. The number of guanidine groups is 1. The van der Waals surface area contributed by atoms with Gasteiger partial charge in [-0.2, -0.15) is 0 Å². The second-order valence-corrected chi connectivity index (χ2v) is 3.52. The molecule has 0 atom stereocenters. The predicted molar refractivity (Wildman–Crippen MR) is 84.7 cm³/mol. The van der Waals surface area contributed by atoms with Gasteiger partial charge in [-0.1, -0.05) is 13.0 Å². The number of halogens is 1. The fourth-order valence-electron chi connectivity index (χ4n) is 1.39. The number of pyridine rings is 1. The molecule has 0 bridgehead atoms. The molecule has 6 heteroatoms. The normalized spacial score (nSPS) is 10.5. The van der Waals surface area contributed by atoms with Crippen LogP contribution in [0.25, 0.3) is 0 Å². The molecule has 2 N–H and O–H groups in total. The summed E-state index contributed by atoms with van der Waals surface area (Å²) in [6, 6.07) is 3.87. The standard InChI is InChI=1S/C12H20N4O.HI/c1-4-7-15-12(13-2)16-9-10-6-5-8-14-11(10)17-3;/h5-6,8H,4,7,9H2,1-3H3,(H2,13,15,16);1H. The molecule has 0 aromatic carbocycles. The van der Waals surface area contributed by atoms with Crippen LogP contribution >= 0.6 is 24.0 Å². The summed E-state index contributed by atoms with van der Waals surface area (Å²) in [4.78, 5) is 8.27. The Morgan fingerprint density at radius 2 is 2.22 bits per heavy atom. The second-order valence-electron chi connectivity index (χ2n) is 3.52. The summed E-state index contributed by atoms with van der Waals surface area (Å²) in [6.45, 7) is 3.66. The molecule has 0 unspecified atom stereocenters. The van der Waals surface area contributed by atoms with E-state index in [4.69, 9.17) is 4.74 Å². The molecule has 0 saturated heterocycles. The van der Waals surface area contributed by atoms with Crippen LogP contribution in [0.4, 0.5) is 0 Å². The molecule has 5 nitrogen and oxygen atoms in total. The Morgan fingerprint density at radius 3 is 2.83 bits per heavy atom. The van der Waals surface area contributed by atoms with Crippen LogP contribution in [0.15, 0.2) is 23.3 Å². The van der Waals surface area contributed by atoms with Gasteiger partial charge in [-0.3, -0.25) is 4.99 Å². The van der Waals surface area contributed by atoms with Crippen molar-refractivity contribution in [1.29, 1.82) is 0 Å². The summed E-state index contributed by atoms with van der Waals surface area (Å²) in [7, 11) is 3.38. The minimum absolute atomic E-state index is 0. The van der Waals surface area contributed by atoms with Gasteiger partial charge in [0.15, 0.2) is 5.96 Å². The number of rotatable bonds is 5. The van der Waals surface area contributed by atoms with Gasteiger partial charge >= 0.3 is 0 Å². The Kier molecular flexibility index (Phi) is 9.35. The molecule has 0 aliphatic heterocycles. The maximum Gasteiger partial charge on any atom is 0.218 e. The van der Waals surface area contributed by atoms with Gasteiger partial charge in [0.1, 0.15) is 0 Å². The molecule has 0 radical (unpaired) electrons. The third kappa shape index (κ3) is 5.52. The van der Waals surface area contributed by atoms with Crippen LogP contribution in [-0.4, -0.2) is 31.6 Å². The molecule has 0 fully saturated rings. The van der Waals surface area contributed by atoms with E-state index in [9.17, 15) is 0 Å². The molecule has 1 aromatic rings. The molecule has 0 saturated carbocycles. The lowest BCUT2D eigenvalue weighted by Gasteiger charge is -2.12. The first-order valence-electron chi connectivity index (χ1n) is 5.74. The van der Waals surface area contributed by atoms with Crippen molar-refractivity contribution in [2.24, 2.45) is 4.99 Å². The summed E-state index contributed by atoms with van der Waals surface area (Å²) in [5.41, 5.74) is 1.01. The molecule has 1 heterocycles. The Morgan fingerprint density at radius 1 is 1.44 bits per heavy atom. The molecular formula is C12H21IN4O. The fourth-order valence-corrected chi connectivity index (χ4v) is 1.39. The molecule has 0 amide bonds. The van der Waals surface area contributed by atoms with Crippen LogP contribution in [-0.2, 0) is 6.54 Å². The van der Waals surface area contributed by atoms with E-state index in [-0.39, 0.29) is 24.0 Å². The van der Waals surface area contributed by atoms with E-state index < -0.39 is 0 Å². The lowest BCUT2D eigenvalue weighted by molar-refractivity contribution is 0.392. The highest BCUT2D eigenvalue weighted by Gasteiger charge is 2.03. The Bertz CT molecular complexity index is 371. The maximum absolute atomic E-state index is 5.18. The number of methoxy groups -OCH3 is 1. The molecular weight excluding hydrogens is 343 g/mol. The van der Waals surface area contributed by atoms with Crippen molar-refractivity contribution in [1.82, 2.24) is 15.6 Å². The third-order valence-electron chi connectivity index (χ3n) is 2.26. The van der Waals surface area contributed by atoms with Gasteiger partial charge in [-0.05, 0) is 12.5 Å². The van der Waals surface area contributed by atoms with Crippen LogP contribution in [0.1, 0.15) is 18.9 Å². The quantitative estimate of drug-likeness (QED) is 0.475. The van der Waals surface area contributed by atoms with Crippen LogP contribution in [0, 0.1) is 0 Å². The van der Waals surface area contributed by atoms with Crippen LogP contribution < -0.4 is 15.4 Å². The number of ether oxygens (including phenoxy) is 1. The lowest BCUT2D eigenvalue weighted by Crippen LogP contribution is -2.37. The van der Waals surface area contributed by atoms with E-state index in [1.165, 1.54) is 0 Å². The Hall–Kier alpha value is -1.05. The van der Waals surface area contributed by atoms with E-state index in [0.717, 1.165) is 24.5 Å². The van der Waals surface area contributed by atoms with Crippen molar-refractivity contribution in [3.63, 3.8) is 0 Å². The van der Waals surface area contributed by atoms with Gasteiger partial charge in [0.2, 0.25) is 5.88 Å². The highest BCUT2D eigenvalue weighted by molar-refractivity contribution is 14.0. The Balaban J connectivity index is 0.00000289. The highest BCUT2D eigenvalue weighted by Crippen LogP contribution is 2.12. The van der Waals surface area contributed by atoms with E-state index in [1.54, 1.807) is 20.4 Å². The summed E-state index contributed by atoms with van der Waals surface area (Å²) < 4.78 is 5.18. The van der Waals surface area contributed by atoms with E-state index >= 15 is 0 Å². The zero-order chi connectivity index (χ0) is 12.5. The van der Waals surface area contributed by atoms with Crippen molar-refractivity contribution in [3.05, 3.63) is 23.9 Å². The van der Waals surface area contributed by atoms with Crippen LogP contribution in [0.3, 0.4) is 0 Å². The summed E-state index contributed by atoms with van der Waals surface area (Å²) >= 11 is 0. The number of hydrogen-bond acceptors (Lipinski definition) is 3. The smallest absolute Gasteiger partial charge is 0.218 e. The summed E-state index contributed by atoms with van der Waals surface area (Å²) in [5, 5.41) is 6.42. The van der Waals surface area contributed by atoms with Crippen molar-refractivity contribution < 1.29 is 4.74 Å². The van der Waals surface area contributed by atoms with E-state index in [0.29, 0.717) is 12.4 Å². The van der Waals surface area contributed by atoms with Gasteiger partial charge in [0, 0.05) is 31.9 Å². The molecule has 18 heavy (non-hydrogen) atoms. The van der Waals surface area contributed by atoms with Crippen LogP contribution in [0.2, 0.25) is 0 Å². The molecule has 1 aromatic heterocycles. The number of aliphatic imine (C=N–C) groups is 1. The van der Waals surface area contributed by atoms with Crippen molar-refractivity contribution >= 4 is 29.9 Å². The molecule has 0 aliphatic carbocycles. The number of hydrogen-bond donors (Lipinski definition) is 2. The highest BCUT2D eigenvalue weighted by atomic mass is 127. The molecule has 0 aliphatic rings. The van der Waals surface area contributed by atoms with E-state index in [2.05, 4.69) is 27.5 Å². The summed E-state index contributed by atoms with van der Waals surface area (Å²) in [6.07, 6.45) is 2.78. The maximum atomic E-state index is 5.18. The monoisotopic (exact) mass is 364 g/mol. The largest absolute Gasteiger partial charge is 0.481 e. The molecule has 102 valence electrons. The van der Waals surface area contributed by atoms with Crippen molar-refractivity contribution in [3.8, 4) is 5.88 Å². The SMILES string of the molecule is CCCNC(=NC)NCc1cccnc1OC.I. The lowest BCUT2D eigenvalue weighted by atomic mass is 10.2. The molecule has 1 rings (SSSR count). The van der Waals surface area contributed by atoms with Crippen LogP contribution in [0.5, 0.6) is 5.88 Å². The first-order chi connectivity index (χ1) is 8.31. The van der Waals surface area contributed by atoms with Crippen molar-refractivity contribution in [2.45, 2.75) is 19.9 Å². The van der Waals surface area contributed by atoms with Gasteiger partial charge in [-0.25, -0.2) is 4.98 Å². The zero-order valence-corrected chi connectivity index (χ0v) is 13.4. The van der Waals surface area contributed by atoms with E-state index in [1.807, 2.05) is 12.1 Å². The Labute approximate surface area is 125 Å². The summed E-state index contributed by atoms with van der Waals surface area (Å²) in [5.74, 6) is 1.43. The minimum Gasteiger partial charge on any atom is -0.481 e. The van der Waals surface area contributed by atoms with Gasteiger partial charge in [0.05, 0.1) is 7.11 Å². The fraction of sp³-hybridized carbons (Fsp3) is 0.500. The minimum atomic E-state index is 0. The average Bonchev–Trinajstić information content (AvgIpc) is 2.39. The average molecular weight is 364 g/mol. The second kappa shape index (κ2) is 9.93.